The van der Waals surface area contributed by atoms with Crippen LogP contribution in [0.5, 0.6) is 5.75 Å². The van der Waals surface area contributed by atoms with E-state index in [9.17, 15) is 15.4 Å². The minimum absolute atomic E-state index is 0.0500. The van der Waals surface area contributed by atoms with Gasteiger partial charge in [-0.1, -0.05) is 32.0 Å². The van der Waals surface area contributed by atoms with Gasteiger partial charge in [0.2, 0.25) is 0 Å². The van der Waals surface area contributed by atoms with Crippen molar-refractivity contribution in [1.82, 2.24) is 0 Å². The molecular formula is C15H17NO3. The van der Waals surface area contributed by atoms with Gasteiger partial charge in [0.25, 0.3) is 0 Å². The molecule has 1 atom stereocenters. The number of aromatic hydroxyl groups is 1. The first kappa shape index (κ1) is 13.4. The van der Waals surface area contributed by atoms with Gasteiger partial charge in [0.05, 0.1) is 6.10 Å². The van der Waals surface area contributed by atoms with Crippen LogP contribution in [0.1, 0.15) is 31.1 Å². The fourth-order valence-corrected chi connectivity index (χ4v) is 2.10. The summed E-state index contributed by atoms with van der Waals surface area (Å²) in [6.45, 7) is 3.67. The first-order valence-electron chi connectivity index (χ1n) is 6.08. The summed E-state index contributed by atoms with van der Waals surface area (Å²) in [6, 6.07) is 10.1. The molecule has 0 bridgehead atoms. The molecule has 4 nitrogen and oxygen atoms in total. The number of phenolic OH excluding ortho intramolecular Hbond substituents is 1. The Bertz CT molecular complexity index is 581. The zero-order valence-electron chi connectivity index (χ0n) is 10.9. The Morgan fingerprint density at radius 3 is 2.47 bits per heavy atom. The summed E-state index contributed by atoms with van der Waals surface area (Å²) in [7, 11) is 0. The third-order valence-electron chi connectivity index (χ3n) is 3.43. The number of aliphatic hydroxyl groups excluding tert-OH is 1. The van der Waals surface area contributed by atoms with Gasteiger partial charge in [-0.3, -0.25) is 0 Å². The molecule has 2 N–H and O–H groups in total. The predicted octanol–water partition coefficient (Wildman–Crippen LogP) is 2.04. The van der Waals surface area contributed by atoms with Crippen molar-refractivity contribution in [2.75, 3.05) is 0 Å². The minimum atomic E-state index is -0.906. The number of rotatable bonds is 3. The summed E-state index contributed by atoms with van der Waals surface area (Å²) < 4.78 is 0.703. The van der Waals surface area contributed by atoms with Crippen LogP contribution in [0.4, 0.5) is 0 Å². The molecule has 0 aliphatic heterocycles. The molecule has 1 aromatic heterocycles. The lowest BCUT2D eigenvalue weighted by atomic mass is 9.77. The number of aromatic nitrogens is 1. The summed E-state index contributed by atoms with van der Waals surface area (Å²) >= 11 is 0. The van der Waals surface area contributed by atoms with Crippen molar-refractivity contribution in [2.24, 2.45) is 0 Å². The number of benzene rings is 1. The average molecular weight is 259 g/mol. The average Bonchev–Trinajstić information content (AvgIpc) is 2.38. The molecule has 1 unspecified atom stereocenters. The van der Waals surface area contributed by atoms with Crippen molar-refractivity contribution >= 4 is 0 Å². The SMILES string of the molecule is CC(C)(c1ccc[n+]([O-])c1)C(O)c1ccccc1O. The van der Waals surface area contributed by atoms with Crippen molar-refractivity contribution in [2.45, 2.75) is 25.4 Å². The third-order valence-corrected chi connectivity index (χ3v) is 3.43. The van der Waals surface area contributed by atoms with Crippen LogP contribution in [0.2, 0.25) is 0 Å². The molecule has 0 spiro atoms. The zero-order chi connectivity index (χ0) is 14.0. The molecule has 0 fully saturated rings. The molecule has 1 aromatic carbocycles. The van der Waals surface area contributed by atoms with E-state index in [4.69, 9.17) is 0 Å². The van der Waals surface area contributed by atoms with E-state index in [1.165, 1.54) is 18.5 Å². The number of para-hydroxylation sites is 1. The molecule has 0 aliphatic rings. The van der Waals surface area contributed by atoms with Gasteiger partial charge in [0, 0.05) is 22.6 Å². The number of nitrogens with zero attached hydrogens (tertiary/aromatic N) is 1. The van der Waals surface area contributed by atoms with E-state index in [2.05, 4.69) is 0 Å². The number of phenols is 1. The van der Waals surface area contributed by atoms with E-state index in [-0.39, 0.29) is 5.75 Å². The molecule has 0 amide bonds. The van der Waals surface area contributed by atoms with Crippen LogP contribution < -0.4 is 4.73 Å². The minimum Gasteiger partial charge on any atom is -0.619 e. The van der Waals surface area contributed by atoms with Crippen molar-refractivity contribution in [1.29, 1.82) is 0 Å². The van der Waals surface area contributed by atoms with E-state index in [1.54, 1.807) is 30.3 Å². The molecule has 2 aromatic rings. The normalized spacial score (nSPS) is 13.2. The van der Waals surface area contributed by atoms with Crippen LogP contribution in [0, 0.1) is 5.21 Å². The van der Waals surface area contributed by atoms with E-state index in [1.807, 2.05) is 13.8 Å². The summed E-state index contributed by atoms with van der Waals surface area (Å²) in [6.07, 6.45) is 1.92. The van der Waals surface area contributed by atoms with Gasteiger partial charge in [-0.05, 0) is 12.1 Å². The Labute approximate surface area is 112 Å². The lowest BCUT2D eigenvalue weighted by Gasteiger charge is -2.30. The number of hydrogen-bond acceptors (Lipinski definition) is 3. The Kier molecular flexibility index (Phi) is 3.44. The monoisotopic (exact) mass is 259 g/mol. The summed E-state index contributed by atoms with van der Waals surface area (Å²) in [5.74, 6) is 0.0500. The largest absolute Gasteiger partial charge is 0.619 e. The maximum Gasteiger partial charge on any atom is 0.184 e. The molecule has 2 rings (SSSR count). The second-order valence-corrected chi connectivity index (χ2v) is 5.14. The van der Waals surface area contributed by atoms with E-state index >= 15 is 0 Å². The number of aliphatic hydroxyl groups is 1. The molecular weight excluding hydrogens is 242 g/mol. The Morgan fingerprint density at radius 2 is 1.84 bits per heavy atom. The number of hydrogen-bond donors (Lipinski definition) is 2. The lowest BCUT2D eigenvalue weighted by Crippen LogP contribution is -2.32. The van der Waals surface area contributed by atoms with Crippen molar-refractivity contribution in [3.05, 3.63) is 65.1 Å². The highest BCUT2D eigenvalue weighted by molar-refractivity contribution is 5.37. The van der Waals surface area contributed by atoms with Crippen LogP contribution in [0.25, 0.3) is 0 Å². The highest BCUT2D eigenvalue weighted by atomic mass is 16.5. The number of pyridine rings is 1. The van der Waals surface area contributed by atoms with E-state index in [0.717, 1.165) is 0 Å². The van der Waals surface area contributed by atoms with Gasteiger partial charge in [0.1, 0.15) is 5.75 Å². The molecule has 4 heteroatoms. The van der Waals surface area contributed by atoms with Gasteiger partial charge in [-0.15, -0.1) is 0 Å². The molecule has 0 saturated heterocycles. The van der Waals surface area contributed by atoms with Gasteiger partial charge in [0.15, 0.2) is 12.4 Å². The molecule has 100 valence electrons. The fourth-order valence-electron chi connectivity index (χ4n) is 2.10. The first-order chi connectivity index (χ1) is 8.93. The van der Waals surface area contributed by atoms with E-state index in [0.29, 0.717) is 15.9 Å². The standard InChI is InChI=1S/C15H17NO3/c1-15(2,11-6-5-9-16(19)10-11)14(18)12-7-3-4-8-13(12)17/h3-10,14,17-18H,1-2H3. The van der Waals surface area contributed by atoms with E-state index < -0.39 is 11.5 Å². The summed E-state index contributed by atoms with van der Waals surface area (Å²) in [4.78, 5) is 0. The third kappa shape index (κ3) is 2.53. The molecule has 0 aliphatic carbocycles. The van der Waals surface area contributed by atoms with Gasteiger partial charge >= 0.3 is 0 Å². The van der Waals surface area contributed by atoms with Gasteiger partial charge in [-0.2, -0.15) is 4.73 Å². The molecule has 1 heterocycles. The molecule has 19 heavy (non-hydrogen) atoms. The Balaban J connectivity index is 2.42. The topological polar surface area (TPSA) is 67.4 Å². The second kappa shape index (κ2) is 4.90. The zero-order valence-corrected chi connectivity index (χ0v) is 10.9. The first-order valence-corrected chi connectivity index (χ1v) is 6.08. The van der Waals surface area contributed by atoms with Gasteiger partial charge in [-0.25, -0.2) is 0 Å². The maximum atomic E-state index is 11.3. The molecule has 0 radical (unpaired) electrons. The van der Waals surface area contributed by atoms with Crippen LogP contribution >= 0.6 is 0 Å². The van der Waals surface area contributed by atoms with Crippen molar-refractivity contribution in [3.8, 4) is 5.75 Å². The fraction of sp³-hybridized carbons (Fsp3) is 0.267. The quantitative estimate of drug-likeness (QED) is 0.654. The lowest BCUT2D eigenvalue weighted by molar-refractivity contribution is -0.606. The smallest absolute Gasteiger partial charge is 0.184 e. The van der Waals surface area contributed by atoms with Crippen molar-refractivity contribution < 1.29 is 14.9 Å². The van der Waals surface area contributed by atoms with Crippen LogP contribution in [-0.4, -0.2) is 10.2 Å². The van der Waals surface area contributed by atoms with Gasteiger partial charge < -0.3 is 15.4 Å². The Morgan fingerprint density at radius 1 is 1.16 bits per heavy atom. The predicted molar refractivity (Wildman–Crippen MR) is 71.5 cm³/mol. The second-order valence-electron chi connectivity index (χ2n) is 5.14. The van der Waals surface area contributed by atoms with Crippen LogP contribution in [0.15, 0.2) is 48.8 Å². The molecule has 0 saturated carbocycles. The van der Waals surface area contributed by atoms with Crippen molar-refractivity contribution in [3.63, 3.8) is 0 Å². The summed E-state index contributed by atoms with van der Waals surface area (Å²) in [5, 5.41) is 31.7. The van der Waals surface area contributed by atoms with Crippen LogP contribution in [0.3, 0.4) is 0 Å². The summed E-state index contributed by atoms with van der Waals surface area (Å²) in [5.41, 5.74) is 0.473. The highest BCUT2D eigenvalue weighted by Crippen LogP contribution is 2.39. The highest BCUT2D eigenvalue weighted by Gasteiger charge is 2.34. The maximum absolute atomic E-state index is 11.3. The Hall–Kier alpha value is -2.07. The van der Waals surface area contributed by atoms with Crippen LogP contribution in [-0.2, 0) is 5.41 Å².